The highest BCUT2D eigenvalue weighted by Gasteiger charge is 2.36. The molecular formula is C16H19N3O6S. The minimum Gasteiger partial charge on any atom is -0.390 e. The van der Waals surface area contributed by atoms with Crippen molar-refractivity contribution in [1.29, 1.82) is 0 Å². The molecule has 1 saturated heterocycles. The van der Waals surface area contributed by atoms with Gasteiger partial charge >= 0.3 is 5.69 Å². The molecule has 0 spiro atoms. The Hall–Kier alpha value is -2.27. The summed E-state index contributed by atoms with van der Waals surface area (Å²) in [5.74, 6) is 0.0777. The van der Waals surface area contributed by atoms with E-state index in [0.29, 0.717) is 0 Å². The van der Waals surface area contributed by atoms with Crippen molar-refractivity contribution in [3.63, 3.8) is 0 Å². The monoisotopic (exact) mass is 381 g/mol. The molecule has 0 radical (unpaired) electrons. The molecule has 0 amide bonds. The molecule has 0 aliphatic carbocycles. The Kier molecular flexibility index (Phi) is 5.10. The van der Waals surface area contributed by atoms with E-state index >= 15 is 0 Å². The number of aromatic nitrogens is 2. The summed E-state index contributed by atoms with van der Waals surface area (Å²) in [4.78, 5) is 15.5. The lowest BCUT2D eigenvalue weighted by molar-refractivity contribution is -0.0399. The van der Waals surface area contributed by atoms with Gasteiger partial charge in [0.1, 0.15) is 18.1 Å². The molecule has 2 aromatic rings. The van der Waals surface area contributed by atoms with E-state index in [9.17, 15) is 18.3 Å². The van der Waals surface area contributed by atoms with E-state index in [4.69, 9.17) is 14.7 Å². The first kappa shape index (κ1) is 18.5. The zero-order valence-electron chi connectivity index (χ0n) is 14.0. The van der Waals surface area contributed by atoms with Crippen LogP contribution >= 0.6 is 0 Å². The lowest BCUT2D eigenvalue weighted by atomic mass is 10.2. The maximum absolute atomic E-state index is 12.2. The first-order chi connectivity index (χ1) is 12.3. The number of aliphatic hydroxyl groups excluding tert-OH is 1. The van der Waals surface area contributed by atoms with Crippen LogP contribution in [0.5, 0.6) is 0 Å². The second-order valence-corrected chi connectivity index (χ2v) is 7.64. The Morgan fingerprint density at radius 2 is 2.04 bits per heavy atom. The molecule has 2 heterocycles. The summed E-state index contributed by atoms with van der Waals surface area (Å²) in [5.41, 5.74) is 5.75. The number of aliphatic hydroxyl groups is 1. The van der Waals surface area contributed by atoms with Crippen molar-refractivity contribution in [2.45, 2.75) is 36.7 Å². The SMILES string of the molecule is Cc1ccc(S(=O)(=O)OC[C@@H]2O[C@@H](n3ccc(N)nc3=O)CC2O)cc1. The Bertz CT molecular complexity index is 941. The fourth-order valence-electron chi connectivity index (χ4n) is 2.61. The summed E-state index contributed by atoms with van der Waals surface area (Å²) in [7, 11) is -3.97. The molecule has 10 heteroatoms. The number of benzene rings is 1. The molecule has 1 fully saturated rings. The fraction of sp³-hybridized carbons (Fsp3) is 0.375. The van der Waals surface area contributed by atoms with E-state index in [1.807, 2.05) is 6.92 Å². The van der Waals surface area contributed by atoms with Gasteiger partial charge in [-0.2, -0.15) is 13.4 Å². The summed E-state index contributed by atoms with van der Waals surface area (Å²) < 4.78 is 36.2. The van der Waals surface area contributed by atoms with Gasteiger partial charge in [-0.05, 0) is 25.1 Å². The van der Waals surface area contributed by atoms with Crippen LogP contribution in [-0.2, 0) is 19.0 Å². The molecule has 3 rings (SSSR count). The summed E-state index contributed by atoms with van der Waals surface area (Å²) in [6.45, 7) is 1.47. The minimum absolute atomic E-state index is 0.0195. The third-order valence-corrected chi connectivity index (χ3v) is 5.36. The molecule has 0 bridgehead atoms. The third kappa shape index (κ3) is 3.93. The number of nitrogen functional groups attached to an aromatic ring is 1. The van der Waals surface area contributed by atoms with Crippen molar-refractivity contribution in [2.75, 3.05) is 12.3 Å². The van der Waals surface area contributed by atoms with Crippen LogP contribution in [0.1, 0.15) is 18.2 Å². The molecule has 1 aromatic carbocycles. The lowest BCUT2D eigenvalue weighted by Crippen LogP contribution is -2.29. The van der Waals surface area contributed by atoms with Crippen LogP contribution in [0.3, 0.4) is 0 Å². The van der Waals surface area contributed by atoms with Crippen molar-refractivity contribution < 1.29 is 22.4 Å². The van der Waals surface area contributed by atoms with Crippen molar-refractivity contribution in [2.24, 2.45) is 0 Å². The fourth-order valence-corrected chi connectivity index (χ4v) is 3.53. The molecule has 1 aromatic heterocycles. The average Bonchev–Trinajstić information content (AvgIpc) is 2.94. The highest BCUT2D eigenvalue weighted by atomic mass is 32.2. The molecule has 3 N–H and O–H groups in total. The zero-order chi connectivity index (χ0) is 18.9. The quantitative estimate of drug-likeness (QED) is 0.701. The number of nitrogens with two attached hydrogens (primary N) is 1. The van der Waals surface area contributed by atoms with Crippen LogP contribution < -0.4 is 11.4 Å². The summed E-state index contributed by atoms with van der Waals surface area (Å²) in [6.07, 6.45) is -1.15. The van der Waals surface area contributed by atoms with Crippen molar-refractivity contribution in [3.8, 4) is 0 Å². The van der Waals surface area contributed by atoms with Gasteiger partial charge in [0.15, 0.2) is 0 Å². The van der Waals surface area contributed by atoms with Crippen molar-refractivity contribution in [3.05, 3.63) is 52.6 Å². The van der Waals surface area contributed by atoms with Gasteiger partial charge in [0.25, 0.3) is 10.1 Å². The van der Waals surface area contributed by atoms with Gasteiger partial charge in [-0.3, -0.25) is 8.75 Å². The van der Waals surface area contributed by atoms with Crippen LogP contribution in [0.25, 0.3) is 0 Å². The van der Waals surface area contributed by atoms with Crippen LogP contribution in [0, 0.1) is 6.92 Å². The largest absolute Gasteiger partial charge is 0.390 e. The van der Waals surface area contributed by atoms with E-state index in [0.717, 1.165) is 5.56 Å². The van der Waals surface area contributed by atoms with Gasteiger partial charge in [0.2, 0.25) is 0 Å². The molecule has 26 heavy (non-hydrogen) atoms. The highest BCUT2D eigenvalue weighted by Crippen LogP contribution is 2.28. The third-order valence-electron chi connectivity index (χ3n) is 4.06. The van der Waals surface area contributed by atoms with Crippen LogP contribution in [0.4, 0.5) is 5.82 Å². The number of hydrogen-bond donors (Lipinski definition) is 2. The van der Waals surface area contributed by atoms with E-state index in [1.165, 1.54) is 29.0 Å². The number of ether oxygens (including phenoxy) is 1. The average molecular weight is 381 g/mol. The van der Waals surface area contributed by atoms with Gasteiger partial charge in [-0.1, -0.05) is 17.7 Å². The molecule has 1 aliphatic rings. The summed E-state index contributed by atoms with van der Waals surface area (Å²) in [5, 5.41) is 10.1. The van der Waals surface area contributed by atoms with Gasteiger partial charge in [0, 0.05) is 12.6 Å². The van der Waals surface area contributed by atoms with Gasteiger partial charge in [-0.15, -0.1) is 0 Å². The Morgan fingerprint density at radius 3 is 2.69 bits per heavy atom. The molecule has 3 atom stereocenters. The Balaban J connectivity index is 1.67. The standard InChI is InChI=1S/C16H19N3O6S/c1-10-2-4-11(5-3-10)26(22,23)24-9-13-12(20)8-15(25-13)19-7-6-14(17)18-16(19)21/h2-7,12-13,15,20H,8-9H2,1H3,(H2,17,18,21)/t12?,13-,15+/m0/s1. The second-order valence-electron chi connectivity index (χ2n) is 6.03. The normalized spacial score (nSPS) is 23.2. The van der Waals surface area contributed by atoms with E-state index in [2.05, 4.69) is 4.98 Å². The Morgan fingerprint density at radius 1 is 1.35 bits per heavy atom. The van der Waals surface area contributed by atoms with E-state index < -0.39 is 34.2 Å². The van der Waals surface area contributed by atoms with Gasteiger partial charge in [0.05, 0.1) is 17.6 Å². The number of rotatable bonds is 5. The molecule has 9 nitrogen and oxygen atoms in total. The predicted octanol–water partition coefficient (Wildman–Crippen LogP) is 0.188. The minimum atomic E-state index is -3.97. The maximum Gasteiger partial charge on any atom is 0.351 e. The van der Waals surface area contributed by atoms with E-state index in [1.54, 1.807) is 12.1 Å². The smallest absolute Gasteiger partial charge is 0.351 e. The lowest BCUT2D eigenvalue weighted by Gasteiger charge is -2.16. The predicted molar refractivity (Wildman–Crippen MR) is 91.8 cm³/mol. The summed E-state index contributed by atoms with van der Waals surface area (Å²) in [6, 6.07) is 7.64. The number of nitrogens with zero attached hydrogens (tertiary/aromatic N) is 2. The van der Waals surface area contributed by atoms with Crippen molar-refractivity contribution in [1.82, 2.24) is 9.55 Å². The summed E-state index contributed by atoms with van der Waals surface area (Å²) >= 11 is 0. The van der Waals surface area contributed by atoms with Crippen LogP contribution in [0.2, 0.25) is 0 Å². The molecule has 140 valence electrons. The first-order valence-electron chi connectivity index (χ1n) is 7.90. The number of anilines is 1. The topological polar surface area (TPSA) is 134 Å². The van der Waals surface area contributed by atoms with Crippen LogP contribution in [-0.4, -0.2) is 41.9 Å². The Labute approximate surface area is 150 Å². The highest BCUT2D eigenvalue weighted by molar-refractivity contribution is 7.86. The number of hydrogen-bond acceptors (Lipinski definition) is 8. The molecular weight excluding hydrogens is 362 g/mol. The molecule has 1 unspecified atom stereocenters. The molecule has 1 aliphatic heterocycles. The number of aryl methyl sites for hydroxylation is 1. The first-order valence-corrected chi connectivity index (χ1v) is 9.31. The van der Waals surface area contributed by atoms with E-state index in [-0.39, 0.29) is 23.7 Å². The molecule has 0 saturated carbocycles. The van der Waals surface area contributed by atoms with Gasteiger partial charge in [-0.25, -0.2) is 4.79 Å². The maximum atomic E-state index is 12.2. The van der Waals surface area contributed by atoms with Crippen LogP contribution in [0.15, 0.2) is 46.2 Å². The van der Waals surface area contributed by atoms with Gasteiger partial charge < -0.3 is 15.6 Å². The van der Waals surface area contributed by atoms with Crippen molar-refractivity contribution >= 4 is 15.9 Å². The second kappa shape index (κ2) is 7.16. The zero-order valence-corrected chi connectivity index (χ0v) is 14.8.